The van der Waals surface area contributed by atoms with Gasteiger partial charge in [-0.1, -0.05) is 0 Å². The second-order valence-corrected chi connectivity index (χ2v) is 7.20. The molecule has 0 saturated carbocycles. The van der Waals surface area contributed by atoms with Gasteiger partial charge in [-0.25, -0.2) is 9.37 Å². The molecule has 4 rings (SSSR count). The molecular formula is C22H25FN6O. The highest BCUT2D eigenvalue weighted by atomic mass is 19.1. The Hall–Kier alpha value is -3.39. The van der Waals surface area contributed by atoms with Crippen molar-refractivity contribution in [1.82, 2.24) is 14.9 Å². The zero-order valence-corrected chi connectivity index (χ0v) is 17.1. The van der Waals surface area contributed by atoms with Crippen LogP contribution < -0.4 is 20.3 Å². The summed E-state index contributed by atoms with van der Waals surface area (Å²) in [6.07, 6.45) is 1.66. The first kappa shape index (κ1) is 19.9. The quantitative estimate of drug-likeness (QED) is 0.642. The summed E-state index contributed by atoms with van der Waals surface area (Å²) < 4.78 is 18.7. The maximum absolute atomic E-state index is 13.1. The van der Waals surface area contributed by atoms with Gasteiger partial charge in [0.25, 0.3) is 0 Å². The Morgan fingerprint density at radius 3 is 2.40 bits per heavy atom. The number of hydrogen-bond acceptors (Lipinski definition) is 7. The maximum atomic E-state index is 13.1. The van der Waals surface area contributed by atoms with E-state index in [9.17, 15) is 4.39 Å². The van der Waals surface area contributed by atoms with Crippen LogP contribution in [0, 0.1) is 5.82 Å². The van der Waals surface area contributed by atoms with Crippen LogP contribution in [-0.4, -0.2) is 55.2 Å². The monoisotopic (exact) mass is 408 g/mol. The van der Waals surface area contributed by atoms with Gasteiger partial charge in [-0.3, -0.25) is 0 Å². The summed E-state index contributed by atoms with van der Waals surface area (Å²) in [6.45, 7) is 4.01. The predicted octanol–water partition coefficient (Wildman–Crippen LogP) is 3.86. The van der Waals surface area contributed by atoms with E-state index < -0.39 is 0 Å². The minimum Gasteiger partial charge on any atom is -0.495 e. The SMILES string of the molecule is COc1cc(Nc2nccc(Nc3ccc(F)cc3)n2)ccc1N1CCN(C)CC1. The molecule has 1 aliphatic rings. The van der Waals surface area contributed by atoms with Crippen LogP contribution in [0.2, 0.25) is 0 Å². The van der Waals surface area contributed by atoms with Gasteiger partial charge >= 0.3 is 0 Å². The molecule has 0 bridgehead atoms. The lowest BCUT2D eigenvalue weighted by atomic mass is 10.2. The summed E-state index contributed by atoms with van der Waals surface area (Å²) in [6, 6.07) is 13.9. The van der Waals surface area contributed by atoms with E-state index in [4.69, 9.17) is 4.74 Å². The number of piperazine rings is 1. The van der Waals surface area contributed by atoms with Crippen molar-refractivity contribution in [3.63, 3.8) is 0 Å². The highest BCUT2D eigenvalue weighted by Crippen LogP contribution is 2.32. The molecule has 0 radical (unpaired) electrons. The Kier molecular flexibility index (Phi) is 5.94. The number of benzene rings is 2. The summed E-state index contributed by atoms with van der Waals surface area (Å²) in [7, 11) is 3.82. The fourth-order valence-electron chi connectivity index (χ4n) is 3.36. The number of methoxy groups -OCH3 is 1. The van der Waals surface area contributed by atoms with Gasteiger partial charge < -0.3 is 25.2 Å². The second-order valence-electron chi connectivity index (χ2n) is 7.20. The largest absolute Gasteiger partial charge is 0.495 e. The molecule has 2 heterocycles. The lowest BCUT2D eigenvalue weighted by Gasteiger charge is -2.34. The number of likely N-dealkylation sites (N-methyl/N-ethyl adjacent to an activating group) is 1. The van der Waals surface area contributed by atoms with E-state index in [2.05, 4.69) is 43.5 Å². The summed E-state index contributed by atoms with van der Waals surface area (Å²) in [5, 5.41) is 6.36. The molecule has 30 heavy (non-hydrogen) atoms. The molecule has 0 atom stereocenters. The number of halogens is 1. The highest BCUT2D eigenvalue weighted by molar-refractivity contribution is 5.68. The molecule has 1 aliphatic heterocycles. The Bertz CT molecular complexity index is 989. The number of rotatable bonds is 6. The van der Waals surface area contributed by atoms with E-state index in [0.29, 0.717) is 11.8 Å². The molecule has 0 amide bonds. The summed E-state index contributed by atoms with van der Waals surface area (Å²) in [5.74, 6) is 1.60. The molecule has 0 aliphatic carbocycles. The fourth-order valence-corrected chi connectivity index (χ4v) is 3.36. The number of nitrogens with zero attached hydrogens (tertiary/aromatic N) is 4. The fraction of sp³-hybridized carbons (Fsp3) is 0.273. The standard InChI is InChI=1S/C22H25FN6O/c1-28-11-13-29(14-12-28)19-8-7-18(15-20(19)30-2)26-22-24-10-9-21(27-22)25-17-5-3-16(23)4-6-17/h3-10,15H,11-14H2,1-2H3,(H2,24,25,26,27). The van der Waals surface area contributed by atoms with E-state index >= 15 is 0 Å². The van der Waals surface area contributed by atoms with Crippen molar-refractivity contribution in [2.45, 2.75) is 0 Å². The maximum Gasteiger partial charge on any atom is 0.229 e. The third kappa shape index (κ3) is 4.77. The van der Waals surface area contributed by atoms with Gasteiger partial charge in [0.15, 0.2) is 0 Å². The van der Waals surface area contributed by atoms with Crippen molar-refractivity contribution < 1.29 is 9.13 Å². The zero-order valence-electron chi connectivity index (χ0n) is 17.1. The Morgan fingerprint density at radius 2 is 1.67 bits per heavy atom. The summed E-state index contributed by atoms with van der Waals surface area (Å²) in [4.78, 5) is 13.4. The van der Waals surface area contributed by atoms with Crippen molar-refractivity contribution in [2.75, 3.05) is 55.9 Å². The molecule has 1 saturated heterocycles. The number of ether oxygens (including phenoxy) is 1. The number of hydrogen-bond donors (Lipinski definition) is 2. The third-order valence-electron chi connectivity index (χ3n) is 5.05. The van der Waals surface area contributed by atoms with Crippen LogP contribution in [0.25, 0.3) is 0 Å². The average Bonchev–Trinajstić information content (AvgIpc) is 2.76. The highest BCUT2D eigenvalue weighted by Gasteiger charge is 2.18. The molecule has 8 heteroatoms. The van der Waals surface area contributed by atoms with Crippen LogP contribution in [0.15, 0.2) is 54.7 Å². The van der Waals surface area contributed by atoms with Crippen LogP contribution in [0.5, 0.6) is 5.75 Å². The first-order valence-electron chi connectivity index (χ1n) is 9.85. The molecule has 1 fully saturated rings. The summed E-state index contributed by atoms with van der Waals surface area (Å²) in [5.41, 5.74) is 2.67. The first-order chi connectivity index (χ1) is 14.6. The number of anilines is 5. The Morgan fingerprint density at radius 1 is 0.933 bits per heavy atom. The smallest absolute Gasteiger partial charge is 0.229 e. The van der Waals surface area contributed by atoms with Gasteiger partial charge in [0.1, 0.15) is 17.4 Å². The van der Waals surface area contributed by atoms with E-state index in [1.54, 1.807) is 31.5 Å². The molecule has 3 aromatic rings. The average molecular weight is 408 g/mol. The van der Waals surface area contributed by atoms with Crippen LogP contribution in [-0.2, 0) is 0 Å². The van der Waals surface area contributed by atoms with Gasteiger partial charge in [-0.15, -0.1) is 0 Å². The van der Waals surface area contributed by atoms with Gasteiger partial charge in [-0.05, 0) is 49.5 Å². The van der Waals surface area contributed by atoms with E-state index in [1.165, 1.54) is 12.1 Å². The zero-order chi connectivity index (χ0) is 20.9. The molecule has 0 spiro atoms. The molecule has 2 N–H and O–H groups in total. The van der Waals surface area contributed by atoms with Crippen molar-refractivity contribution in [2.24, 2.45) is 0 Å². The van der Waals surface area contributed by atoms with E-state index in [1.807, 2.05) is 12.1 Å². The van der Waals surface area contributed by atoms with Crippen molar-refractivity contribution in [1.29, 1.82) is 0 Å². The predicted molar refractivity (Wildman–Crippen MR) is 118 cm³/mol. The van der Waals surface area contributed by atoms with E-state index in [0.717, 1.165) is 49.0 Å². The molecule has 1 aromatic heterocycles. The first-order valence-corrected chi connectivity index (χ1v) is 9.85. The third-order valence-corrected chi connectivity index (χ3v) is 5.05. The lowest BCUT2D eigenvalue weighted by Crippen LogP contribution is -2.44. The molecule has 0 unspecified atom stereocenters. The lowest BCUT2D eigenvalue weighted by molar-refractivity contribution is 0.311. The van der Waals surface area contributed by atoms with Crippen LogP contribution in [0.1, 0.15) is 0 Å². The number of aromatic nitrogens is 2. The van der Waals surface area contributed by atoms with Crippen molar-refractivity contribution in [3.8, 4) is 5.75 Å². The topological polar surface area (TPSA) is 65.5 Å². The van der Waals surface area contributed by atoms with Gasteiger partial charge in [0.05, 0.1) is 12.8 Å². The Labute approximate surface area is 175 Å². The van der Waals surface area contributed by atoms with Gasteiger partial charge in [-0.2, -0.15) is 4.98 Å². The molecule has 156 valence electrons. The number of nitrogens with one attached hydrogen (secondary N) is 2. The van der Waals surface area contributed by atoms with E-state index in [-0.39, 0.29) is 5.82 Å². The van der Waals surface area contributed by atoms with Gasteiger partial charge in [0.2, 0.25) is 5.95 Å². The second kappa shape index (κ2) is 8.96. The van der Waals surface area contributed by atoms with Crippen molar-refractivity contribution >= 4 is 28.8 Å². The Balaban J connectivity index is 1.48. The normalized spacial score (nSPS) is 14.4. The molecule has 2 aromatic carbocycles. The molecular weight excluding hydrogens is 383 g/mol. The van der Waals surface area contributed by atoms with Crippen LogP contribution >= 0.6 is 0 Å². The van der Waals surface area contributed by atoms with Crippen molar-refractivity contribution in [3.05, 3.63) is 60.5 Å². The minimum absolute atomic E-state index is 0.278. The minimum atomic E-state index is -0.278. The molecule has 7 nitrogen and oxygen atoms in total. The van der Waals surface area contributed by atoms with Gasteiger partial charge in [0, 0.05) is 49.8 Å². The van der Waals surface area contributed by atoms with Crippen LogP contribution in [0.4, 0.5) is 33.2 Å². The summed E-state index contributed by atoms with van der Waals surface area (Å²) >= 11 is 0. The van der Waals surface area contributed by atoms with Crippen LogP contribution in [0.3, 0.4) is 0 Å².